The molecule has 1 amide bonds. The molecule has 0 fully saturated rings. The second-order valence-corrected chi connectivity index (χ2v) is 5.86. The van der Waals surface area contributed by atoms with Gasteiger partial charge in [0.2, 0.25) is 0 Å². The molecule has 1 aromatic heterocycles. The van der Waals surface area contributed by atoms with E-state index in [4.69, 9.17) is 0 Å². The molecule has 0 bridgehead atoms. The largest absolute Gasteiger partial charge is 0.350 e. The first-order valence-corrected chi connectivity index (χ1v) is 7.65. The number of hydrogen-bond donors (Lipinski definition) is 2. The molecule has 0 saturated heterocycles. The van der Waals surface area contributed by atoms with E-state index in [0.29, 0.717) is 6.54 Å². The Balaban J connectivity index is 0.00000264. The molecule has 0 saturated carbocycles. The summed E-state index contributed by atoms with van der Waals surface area (Å²) in [7, 11) is 1.89. The Morgan fingerprint density at radius 1 is 1.22 bits per heavy atom. The van der Waals surface area contributed by atoms with Gasteiger partial charge in [0.25, 0.3) is 5.91 Å². The molecule has 0 aliphatic rings. The second kappa shape index (κ2) is 8.18. The molecule has 126 valence electrons. The van der Waals surface area contributed by atoms with Crippen molar-refractivity contribution in [2.45, 2.75) is 33.7 Å². The van der Waals surface area contributed by atoms with Crippen LogP contribution in [0.3, 0.4) is 0 Å². The van der Waals surface area contributed by atoms with Crippen LogP contribution in [0.25, 0.3) is 5.69 Å². The van der Waals surface area contributed by atoms with Gasteiger partial charge in [0, 0.05) is 29.7 Å². The Labute approximate surface area is 144 Å². The van der Waals surface area contributed by atoms with Crippen LogP contribution in [0.5, 0.6) is 0 Å². The number of aryl methyl sites for hydroxylation is 2. The molecule has 4 nitrogen and oxygen atoms in total. The molecule has 5 heteroatoms. The van der Waals surface area contributed by atoms with Gasteiger partial charge >= 0.3 is 0 Å². The molecule has 2 N–H and O–H groups in total. The summed E-state index contributed by atoms with van der Waals surface area (Å²) in [6, 6.07) is 10.5. The number of benzene rings is 1. The number of hydrogen-bond acceptors (Lipinski definition) is 2. The molecule has 0 aliphatic carbocycles. The van der Waals surface area contributed by atoms with Gasteiger partial charge in [-0.3, -0.25) is 4.79 Å². The lowest BCUT2D eigenvalue weighted by molar-refractivity contribution is 0.0950. The maximum absolute atomic E-state index is 12.4. The van der Waals surface area contributed by atoms with E-state index in [1.165, 1.54) is 5.56 Å². The van der Waals surface area contributed by atoms with Crippen molar-refractivity contribution in [3.8, 4) is 5.69 Å². The Kier molecular flexibility index (Phi) is 6.85. The molecule has 0 spiro atoms. The lowest BCUT2D eigenvalue weighted by atomic mass is 10.2. The number of aromatic nitrogens is 1. The Morgan fingerprint density at radius 3 is 2.52 bits per heavy atom. The number of amides is 1. The summed E-state index contributed by atoms with van der Waals surface area (Å²) < 4.78 is 2.13. The predicted molar refractivity (Wildman–Crippen MR) is 98.1 cm³/mol. The number of halogens is 1. The number of nitrogens with zero attached hydrogens (tertiary/aromatic N) is 1. The van der Waals surface area contributed by atoms with E-state index >= 15 is 0 Å². The fourth-order valence-electron chi connectivity index (χ4n) is 2.60. The third-order valence-electron chi connectivity index (χ3n) is 4.00. The van der Waals surface area contributed by atoms with Crippen molar-refractivity contribution in [3.63, 3.8) is 0 Å². The zero-order valence-electron chi connectivity index (χ0n) is 14.4. The van der Waals surface area contributed by atoms with Gasteiger partial charge in [0.05, 0.1) is 5.56 Å². The molecule has 1 unspecified atom stereocenters. The van der Waals surface area contributed by atoms with Gasteiger partial charge in [-0.25, -0.2) is 0 Å². The minimum Gasteiger partial charge on any atom is -0.350 e. The van der Waals surface area contributed by atoms with Crippen molar-refractivity contribution in [2.75, 3.05) is 13.6 Å². The fourth-order valence-corrected chi connectivity index (χ4v) is 2.60. The van der Waals surface area contributed by atoms with E-state index in [1.54, 1.807) is 0 Å². The number of carbonyl (C=O) groups is 1. The Hall–Kier alpha value is -1.78. The minimum atomic E-state index is -0.0193. The van der Waals surface area contributed by atoms with Crippen LogP contribution in [0.15, 0.2) is 30.3 Å². The van der Waals surface area contributed by atoms with Crippen LogP contribution in [0, 0.1) is 20.8 Å². The molecule has 2 aromatic rings. The van der Waals surface area contributed by atoms with Gasteiger partial charge in [-0.05, 0) is 58.5 Å². The average Bonchev–Trinajstić information content (AvgIpc) is 2.79. The number of likely N-dealkylation sites (N-methyl/N-ethyl adjacent to an activating group) is 1. The number of nitrogens with one attached hydrogen (secondary N) is 2. The highest BCUT2D eigenvalue weighted by Crippen LogP contribution is 2.21. The quantitative estimate of drug-likeness (QED) is 0.881. The van der Waals surface area contributed by atoms with Crippen molar-refractivity contribution < 1.29 is 4.79 Å². The minimum absolute atomic E-state index is 0. The fraction of sp³-hybridized carbons (Fsp3) is 0.389. The summed E-state index contributed by atoms with van der Waals surface area (Å²) >= 11 is 0. The third-order valence-corrected chi connectivity index (χ3v) is 4.00. The maximum Gasteiger partial charge on any atom is 0.253 e. The van der Waals surface area contributed by atoms with Gasteiger partial charge in [-0.15, -0.1) is 12.4 Å². The summed E-state index contributed by atoms with van der Waals surface area (Å²) in [6.07, 6.45) is 0. The van der Waals surface area contributed by atoms with Gasteiger partial charge in [0.15, 0.2) is 0 Å². The van der Waals surface area contributed by atoms with Crippen molar-refractivity contribution >= 4 is 18.3 Å². The number of rotatable bonds is 5. The smallest absolute Gasteiger partial charge is 0.253 e. The first-order chi connectivity index (χ1) is 10.4. The van der Waals surface area contributed by atoms with Crippen molar-refractivity contribution in [1.29, 1.82) is 0 Å². The standard InChI is InChI=1S/C18H25N3O.ClH/c1-12-7-6-8-16(9-12)21-14(3)10-17(15(21)4)18(22)20-11-13(2)19-5;/h6-10,13,19H,11H2,1-5H3,(H,20,22);1H. The first kappa shape index (κ1) is 19.3. The summed E-state index contributed by atoms with van der Waals surface area (Å²) in [6.45, 7) is 8.75. The van der Waals surface area contributed by atoms with Crippen LogP contribution in [-0.2, 0) is 0 Å². The van der Waals surface area contributed by atoms with Crippen molar-refractivity contribution in [2.24, 2.45) is 0 Å². The van der Waals surface area contributed by atoms with E-state index in [0.717, 1.165) is 22.6 Å². The highest BCUT2D eigenvalue weighted by molar-refractivity contribution is 5.96. The zero-order valence-corrected chi connectivity index (χ0v) is 15.3. The van der Waals surface area contributed by atoms with Crippen molar-refractivity contribution in [1.82, 2.24) is 15.2 Å². The summed E-state index contributed by atoms with van der Waals surface area (Å²) in [5.41, 5.74) is 5.08. The number of carbonyl (C=O) groups excluding carboxylic acids is 1. The van der Waals surface area contributed by atoms with Crippen molar-refractivity contribution in [3.05, 3.63) is 52.8 Å². The monoisotopic (exact) mass is 335 g/mol. The van der Waals surface area contributed by atoms with E-state index < -0.39 is 0 Å². The molecule has 0 aliphatic heterocycles. The summed E-state index contributed by atoms with van der Waals surface area (Å²) in [5.74, 6) is -0.0193. The van der Waals surface area contributed by atoms with E-state index in [-0.39, 0.29) is 24.4 Å². The van der Waals surface area contributed by atoms with E-state index in [1.807, 2.05) is 40.0 Å². The molecule has 2 rings (SSSR count). The first-order valence-electron chi connectivity index (χ1n) is 7.65. The van der Waals surface area contributed by atoms with Gasteiger partial charge < -0.3 is 15.2 Å². The molecular weight excluding hydrogens is 310 g/mol. The molecule has 23 heavy (non-hydrogen) atoms. The second-order valence-electron chi connectivity index (χ2n) is 5.86. The topological polar surface area (TPSA) is 46.1 Å². The van der Waals surface area contributed by atoms with Crippen LogP contribution >= 0.6 is 12.4 Å². The predicted octanol–water partition coefficient (Wildman–Crippen LogP) is 3.16. The summed E-state index contributed by atoms with van der Waals surface area (Å²) in [4.78, 5) is 12.4. The highest BCUT2D eigenvalue weighted by Gasteiger charge is 2.16. The van der Waals surface area contributed by atoms with E-state index in [9.17, 15) is 4.79 Å². The Bertz CT molecular complexity index is 679. The van der Waals surface area contributed by atoms with Crippen LogP contribution in [-0.4, -0.2) is 30.1 Å². The summed E-state index contributed by atoms with van der Waals surface area (Å²) in [5, 5.41) is 6.09. The lowest BCUT2D eigenvalue weighted by Crippen LogP contribution is -2.37. The van der Waals surface area contributed by atoms with E-state index in [2.05, 4.69) is 40.3 Å². The highest BCUT2D eigenvalue weighted by atomic mass is 35.5. The lowest BCUT2D eigenvalue weighted by Gasteiger charge is -2.12. The molecular formula is C18H26ClN3O. The van der Waals surface area contributed by atoms with Gasteiger partial charge in [-0.1, -0.05) is 12.1 Å². The van der Waals surface area contributed by atoms with Crippen LogP contribution in [0.1, 0.15) is 34.2 Å². The normalized spacial score (nSPS) is 11.7. The average molecular weight is 336 g/mol. The molecule has 1 atom stereocenters. The molecule has 1 heterocycles. The molecule has 0 radical (unpaired) electrons. The third kappa shape index (κ3) is 4.36. The van der Waals surface area contributed by atoms with Gasteiger partial charge in [-0.2, -0.15) is 0 Å². The van der Waals surface area contributed by atoms with Crippen LogP contribution < -0.4 is 10.6 Å². The van der Waals surface area contributed by atoms with Crippen LogP contribution in [0.2, 0.25) is 0 Å². The van der Waals surface area contributed by atoms with Gasteiger partial charge in [0.1, 0.15) is 0 Å². The van der Waals surface area contributed by atoms with Crippen LogP contribution in [0.4, 0.5) is 0 Å². The zero-order chi connectivity index (χ0) is 16.3. The maximum atomic E-state index is 12.4. The Morgan fingerprint density at radius 2 is 1.91 bits per heavy atom. The molecule has 1 aromatic carbocycles. The SMILES string of the molecule is CNC(C)CNC(=O)c1cc(C)n(-c2cccc(C)c2)c1C.Cl.